The minimum atomic E-state index is -0.489. The summed E-state index contributed by atoms with van der Waals surface area (Å²) in [7, 11) is 1.48. The van der Waals surface area contributed by atoms with E-state index in [-0.39, 0.29) is 12.5 Å². The van der Waals surface area contributed by atoms with Crippen molar-refractivity contribution < 1.29 is 14.3 Å². The van der Waals surface area contributed by atoms with E-state index < -0.39 is 5.91 Å². The maximum Gasteiger partial charge on any atom is 0.255 e. The molecular weight excluding hydrogens is 328 g/mol. The molecular formula is C18H15ClN2O3. The minimum absolute atomic E-state index is 0.159. The van der Waals surface area contributed by atoms with Crippen LogP contribution in [0.2, 0.25) is 5.02 Å². The van der Waals surface area contributed by atoms with Crippen molar-refractivity contribution in [3.05, 3.63) is 64.2 Å². The Morgan fingerprint density at radius 1 is 1.21 bits per heavy atom. The highest BCUT2D eigenvalue weighted by molar-refractivity contribution is 6.31. The topological polar surface area (TPSA) is 81.4 Å². The Balaban J connectivity index is 1.98. The van der Waals surface area contributed by atoms with Crippen molar-refractivity contribution in [1.29, 1.82) is 0 Å². The first kappa shape index (κ1) is 17.4. The van der Waals surface area contributed by atoms with Crippen molar-refractivity contribution in [2.45, 2.75) is 0 Å². The van der Waals surface area contributed by atoms with Gasteiger partial charge in [0.2, 0.25) is 5.91 Å². The van der Waals surface area contributed by atoms with Crippen LogP contribution >= 0.6 is 11.6 Å². The zero-order valence-electron chi connectivity index (χ0n) is 12.9. The molecule has 0 aliphatic heterocycles. The molecule has 0 atom stereocenters. The highest BCUT2D eigenvalue weighted by Gasteiger charge is 2.11. The molecule has 2 rings (SSSR count). The Kier molecular flexibility index (Phi) is 5.83. The van der Waals surface area contributed by atoms with E-state index in [4.69, 9.17) is 22.1 Å². The van der Waals surface area contributed by atoms with Gasteiger partial charge < -0.3 is 15.8 Å². The zero-order chi connectivity index (χ0) is 17.5. The first-order chi connectivity index (χ1) is 11.5. The van der Waals surface area contributed by atoms with Crippen molar-refractivity contribution in [3.63, 3.8) is 0 Å². The van der Waals surface area contributed by atoms with Gasteiger partial charge in [-0.2, -0.15) is 0 Å². The normalized spacial score (nSPS) is 9.58. The van der Waals surface area contributed by atoms with E-state index in [0.717, 1.165) is 5.56 Å². The summed E-state index contributed by atoms with van der Waals surface area (Å²) in [4.78, 5) is 23.1. The summed E-state index contributed by atoms with van der Waals surface area (Å²) in [6.45, 7) is 0.159. The van der Waals surface area contributed by atoms with E-state index in [1.54, 1.807) is 36.4 Å². The number of amides is 2. The molecule has 2 amide bonds. The fraction of sp³-hybridized carbons (Fsp3) is 0.111. The van der Waals surface area contributed by atoms with Crippen LogP contribution in [0.15, 0.2) is 42.5 Å². The van der Waals surface area contributed by atoms with Gasteiger partial charge in [0.05, 0.1) is 19.2 Å². The maximum atomic E-state index is 12.1. The Morgan fingerprint density at radius 3 is 2.54 bits per heavy atom. The fourth-order valence-corrected chi connectivity index (χ4v) is 2.11. The van der Waals surface area contributed by atoms with Gasteiger partial charge in [0.15, 0.2) is 0 Å². The van der Waals surface area contributed by atoms with Crippen molar-refractivity contribution in [1.82, 2.24) is 5.32 Å². The lowest BCUT2D eigenvalue weighted by Crippen LogP contribution is -2.24. The van der Waals surface area contributed by atoms with Crippen LogP contribution in [0.25, 0.3) is 0 Å². The van der Waals surface area contributed by atoms with Crippen LogP contribution in [0.1, 0.15) is 26.3 Å². The fourth-order valence-electron chi connectivity index (χ4n) is 1.94. The first-order valence-corrected chi connectivity index (χ1v) is 7.39. The molecule has 6 heteroatoms. The van der Waals surface area contributed by atoms with E-state index in [1.807, 2.05) is 0 Å². The van der Waals surface area contributed by atoms with Crippen LogP contribution in [0.3, 0.4) is 0 Å². The molecule has 2 aromatic carbocycles. The summed E-state index contributed by atoms with van der Waals surface area (Å²) in [6, 6.07) is 11.4. The molecule has 0 saturated heterocycles. The SMILES string of the molecule is COc1ccc(Cl)cc1C(=O)NCC#Cc1ccc(C(N)=O)cc1. The number of carbonyl (C=O) groups excluding carboxylic acids is 2. The molecule has 0 spiro atoms. The number of halogens is 1. The van der Waals surface area contributed by atoms with Crippen LogP contribution in [-0.4, -0.2) is 25.5 Å². The molecule has 0 aromatic heterocycles. The van der Waals surface area contributed by atoms with Gasteiger partial charge >= 0.3 is 0 Å². The van der Waals surface area contributed by atoms with Crippen LogP contribution in [-0.2, 0) is 0 Å². The Labute approximate surface area is 144 Å². The third-order valence-corrected chi connectivity index (χ3v) is 3.38. The summed E-state index contributed by atoms with van der Waals surface area (Å²) in [6.07, 6.45) is 0. The molecule has 0 bridgehead atoms. The monoisotopic (exact) mass is 342 g/mol. The largest absolute Gasteiger partial charge is 0.496 e. The predicted octanol–water partition coefficient (Wildman–Crippen LogP) is 2.23. The Bertz CT molecular complexity index is 820. The van der Waals surface area contributed by atoms with Gasteiger partial charge in [-0.3, -0.25) is 9.59 Å². The molecule has 0 aliphatic rings. The summed E-state index contributed by atoms with van der Waals surface area (Å²) in [5, 5.41) is 3.12. The highest BCUT2D eigenvalue weighted by Crippen LogP contribution is 2.22. The van der Waals surface area contributed by atoms with Gasteiger partial charge in [0, 0.05) is 16.1 Å². The summed E-state index contributed by atoms with van der Waals surface area (Å²) < 4.78 is 5.13. The molecule has 0 heterocycles. The molecule has 0 aliphatic carbocycles. The molecule has 24 heavy (non-hydrogen) atoms. The first-order valence-electron chi connectivity index (χ1n) is 7.01. The number of benzene rings is 2. The van der Waals surface area contributed by atoms with Crippen molar-refractivity contribution in [2.75, 3.05) is 13.7 Å². The molecule has 0 saturated carbocycles. The van der Waals surface area contributed by atoms with Crippen LogP contribution in [0.5, 0.6) is 5.75 Å². The van der Waals surface area contributed by atoms with Gasteiger partial charge in [0.25, 0.3) is 5.91 Å². The third kappa shape index (κ3) is 4.51. The van der Waals surface area contributed by atoms with Gasteiger partial charge in [-0.05, 0) is 42.5 Å². The third-order valence-electron chi connectivity index (χ3n) is 3.15. The minimum Gasteiger partial charge on any atom is -0.496 e. The van der Waals surface area contributed by atoms with Crippen molar-refractivity contribution >= 4 is 23.4 Å². The van der Waals surface area contributed by atoms with E-state index in [2.05, 4.69) is 17.2 Å². The number of hydrogen-bond acceptors (Lipinski definition) is 3. The number of nitrogens with one attached hydrogen (secondary N) is 1. The average molecular weight is 343 g/mol. The van der Waals surface area contributed by atoms with Crippen LogP contribution in [0, 0.1) is 11.8 Å². The highest BCUT2D eigenvalue weighted by atomic mass is 35.5. The van der Waals surface area contributed by atoms with E-state index in [9.17, 15) is 9.59 Å². The van der Waals surface area contributed by atoms with Gasteiger partial charge in [-0.15, -0.1) is 0 Å². The van der Waals surface area contributed by atoms with Crippen molar-refractivity contribution in [2.24, 2.45) is 5.73 Å². The molecule has 0 unspecified atom stereocenters. The van der Waals surface area contributed by atoms with Gasteiger partial charge in [-0.1, -0.05) is 23.4 Å². The predicted molar refractivity (Wildman–Crippen MR) is 92.2 cm³/mol. The molecule has 0 radical (unpaired) electrons. The number of hydrogen-bond donors (Lipinski definition) is 2. The molecule has 5 nitrogen and oxygen atoms in total. The molecule has 3 N–H and O–H groups in total. The molecule has 0 fully saturated rings. The Hall–Kier alpha value is -2.97. The second-order valence-electron chi connectivity index (χ2n) is 4.77. The van der Waals surface area contributed by atoms with Gasteiger partial charge in [-0.25, -0.2) is 0 Å². The second-order valence-corrected chi connectivity index (χ2v) is 5.21. The summed E-state index contributed by atoms with van der Waals surface area (Å²) in [5.74, 6) is 5.34. The van der Waals surface area contributed by atoms with Crippen LogP contribution < -0.4 is 15.8 Å². The number of primary amides is 1. The number of carbonyl (C=O) groups is 2. The summed E-state index contributed by atoms with van der Waals surface area (Å²) in [5.41, 5.74) is 6.65. The lowest BCUT2D eigenvalue weighted by molar-refractivity contribution is 0.0954. The van der Waals surface area contributed by atoms with E-state index in [1.165, 1.54) is 13.2 Å². The smallest absolute Gasteiger partial charge is 0.255 e. The molecule has 122 valence electrons. The van der Waals surface area contributed by atoms with E-state index in [0.29, 0.717) is 21.9 Å². The average Bonchev–Trinajstić information content (AvgIpc) is 2.58. The Morgan fingerprint density at radius 2 is 1.92 bits per heavy atom. The lowest BCUT2D eigenvalue weighted by atomic mass is 10.1. The molecule has 2 aromatic rings. The van der Waals surface area contributed by atoms with Crippen LogP contribution in [0.4, 0.5) is 0 Å². The number of nitrogens with two attached hydrogens (primary N) is 1. The van der Waals surface area contributed by atoms with E-state index >= 15 is 0 Å². The zero-order valence-corrected chi connectivity index (χ0v) is 13.7. The number of methoxy groups -OCH3 is 1. The lowest BCUT2D eigenvalue weighted by Gasteiger charge is -2.08. The maximum absolute atomic E-state index is 12.1. The number of ether oxygens (including phenoxy) is 1. The number of rotatable bonds is 4. The quantitative estimate of drug-likeness (QED) is 0.836. The summed E-state index contributed by atoms with van der Waals surface area (Å²) >= 11 is 5.90. The standard InChI is InChI=1S/C18H15ClN2O3/c1-24-16-9-8-14(19)11-15(16)18(23)21-10-2-3-12-4-6-13(7-5-12)17(20)22/h4-9,11H,10H2,1H3,(H2,20,22)(H,21,23). The van der Waals surface area contributed by atoms with Gasteiger partial charge in [0.1, 0.15) is 5.75 Å². The van der Waals surface area contributed by atoms with Crippen molar-refractivity contribution in [3.8, 4) is 17.6 Å². The second kappa shape index (κ2) is 8.04.